The molecule has 2 atom stereocenters. The predicted molar refractivity (Wildman–Crippen MR) is 67.3 cm³/mol. The maximum Gasteiger partial charge on any atom is 0.328 e. The van der Waals surface area contributed by atoms with Crippen molar-refractivity contribution in [3.8, 4) is 0 Å². The fraction of sp³-hybridized carbons (Fsp3) is 0.818. The summed E-state index contributed by atoms with van der Waals surface area (Å²) >= 11 is 0. The maximum absolute atomic E-state index is 12.0. The van der Waals surface area contributed by atoms with Crippen LogP contribution in [-0.2, 0) is 28.9 Å². The minimum atomic E-state index is -3.14. The average Bonchev–Trinajstić information content (AvgIpc) is 2.69. The molecule has 0 aliphatic carbocycles. The molecule has 0 spiro atoms. The normalized spacial score (nSPS) is 22.8. The van der Waals surface area contributed by atoms with Crippen LogP contribution in [0, 0.1) is 0 Å². The topological polar surface area (TPSA) is 90.0 Å². The monoisotopic (exact) mass is 293 g/mol. The van der Waals surface area contributed by atoms with Gasteiger partial charge in [-0.3, -0.25) is 4.79 Å². The third-order valence-electron chi connectivity index (χ3n) is 3.12. The van der Waals surface area contributed by atoms with Crippen molar-refractivity contribution in [2.24, 2.45) is 0 Å². The van der Waals surface area contributed by atoms with Crippen molar-refractivity contribution in [3.63, 3.8) is 0 Å². The molecular formula is C11H19NO6S. The molecule has 0 aromatic rings. The summed E-state index contributed by atoms with van der Waals surface area (Å²) in [4.78, 5) is 24.8. The van der Waals surface area contributed by atoms with Crippen LogP contribution in [0.4, 0.5) is 0 Å². The molecule has 1 amide bonds. The van der Waals surface area contributed by atoms with Gasteiger partial charge in [-0.25, -0.2) is 13.2 Å². The smallest absolute Gasteiger partial charge is 0.328 e. The van der Waals surface area contributed by atoms with Gasteiger partial charge < -0.3 is 14.4 Å². The summed E-state index contributed by atoms with van der Waals surface area (Å²) in [6, 6.07) is -1.33. The number of amides is 1. The van der Waals surface area contributed by atoms with Crippen LogP contribution < -0.4 is 0 Å². The Bertz CT molecular complexity index is 446. The van der Waals surface area contributed by atoms with E-state index in [0.29, 0.717) is 6.42 Å². The Kier molecular flexibility index (Phi) is 5.30. The van der Waals surface area contributed by atoms with Crippen LogP contribution in [0.2, 0.25) is 0 Å². The van der Waals surface area contributed by atoms with Gasteiger partial charge in [-0.1, -0.05) is 0 Å². The Labute approximate surface area is 112 Å². The molecule has 0 saturated carbocycles. The van der Waals surface area contributed by atoms with Crippen molar-refractivity contribution < 1.29 is 27.5 Å². The third-order valence-corrected chi connectivity index (χ3v) is 4.87. The molecular weight excluding hydrogens is 274 g/mol. The minimum absolute atomic E-state index is 0.0301. The van der Waals surface area contributed by atoms with Crippen molar-refractivity contribution in [2.75, 3.05) is 32.3 Å². The lowest BCUT2D eigenvalue weighted by atomic mass is 10.1. The number of carbonyl (C=O) groups excluding carboxylic acids is 2. The zero-order chi connectivity index (χ0) is 14.6. The summed E-state index contributed by atoms with van der Waals surface area (Å²) in [5.41, 5.74) is 0. The first-order chi connectivity index (χ1) is 8.82. The summed E-state index contributed by atoms with van der Waals surface area (Å²) in [5, 5.41) is 0. The summed E-state index contributed by atoms with van der Waals surface area (Å²) in [6.45, 7) is 1.32. The molecule has 110 valence electrons. The van der Waals surface area contributed by atoms with E-state index in [1.807, 2.05) is 0 Å². The number of nitrogens with zero attached hydrogens (tertiary/aromatic N) is 1. The maximum atomic E-state index is 12.0. The number of esters is 1. The lowest BCUT2D eigenvalue weighted by Gasteiger charge is -2.32. The summed E-state index contributed by atoms with van der Waals surface area (Å²) in [7, 11) is -0.551. The Hall–Kier alpha value is -1.15. The molecule has 19 heavy (non-hydrogen) atoms. The van der Waals surface area contributed by atoms with Crippen molar-refractivity contribution >= 4 is 21.7 Å². The van der Waals surface area contributed by atoms with Crippen LogP contribution in [0.25, 0.3) is 0 Å². The standard InChI is InChI=1S/C11H19NO6S/c1-8(11(14)18-3)12(10(13)6-17-2)9-4-5-19(15,16)7-9/h8-9H,4-7H2,1-3H3/t8-,9-/m0/s1. The van der Waals surface area contributed by atoms with E-state index in [-0.39, 0.29) is 18.1 Å². The molecule has 1 saturated heterocycles. The van der Waals surface area contributed by atoms with Gasteiger partial charge in [-0.05, 0) is 13.3 Å². The van der Waals surface area contributed by atoms with Gasteiger partial charge in [0.1, 0.15) is 12.6 Å². The third kappa shape index (κ3) is 3.90. The molecule has 1 heterocycles. The molecule has 0 N–H and O–H groups in total. The Balaban J connectivity index is 2.93. The molecule has 1 aliphatic heterocycles. The van der Waals surface area contributed by atoms with E-state index in [9.17, 15) is 18.0 Å². The van der Waals surface area contributed by atoms with Crippen LogP contribution in [0.3, 0.4) is 0 Å². The van der Waals surface area contributed by atoms with E-state index in [1.165, 1.54) is 26.0 Å². The highest BCUT2D eigenvalue weighted by Gasteiger charge is 2.39. The molecule has 7 nitrogen and oxygen atoms in total. The molecule has 1 aliphatic rings. The van der Waals surface area contributed by atoms with Crippen LogP contribution in [0.5, 0.6) is 0 Å². The lowest BCUT2D eigenvalue weighted by molar-refractivity contribution is -0.155. The SMILES string of the molecule is COCC(=O)N([C@H]1CCS(=O)(=O)C1)[C@@H](C)C(=O)OC. The number of rotatable bonds is 5. The van der Waals surface area contributed by atoms with E-state index in [1.54, 1.807) is 0 Å². The molecule has 8 heteroatoms. The van der Waals surface area contributed by atoms with Gasteiger partial charge >= 0.3 is 5.97 Å². The zero-order valence-electron chi connectivity index (χ0n) is 11.3. The van der Waals surface area contributed by atoms with Gasteiger partial charge in [-0.2, -0.15) is 0 Å². The molecule has 0 radical (unpaired) electrons. The van der Waals surface area contributed by atoms with Gasteiger partial charge in [0, 0.05) is 13.2 Å². The minimum Gasteiger partial charge on any atom is -0.467 e. The summed E-state index contributed by atoms with van der Waals surface area (Å²) in [5.74, 6) is -1.08. The number of hydrogen-bond donors (Lipinski definition) is 0. The number of ether oxygens (including phenoxy) is 2. The Morgan fingerprint density at radius 2 is 2.00 bits per heavy atom. The van der Waals surface area contributed by atoms with Crippen molar-refractivity contribution in [1.82, 2.24) is 4.90 Å². The molecule has 0 bridgehead atoms. The fourth-order valence-electron chi connectivity index (χ4n) is 2.21. The first-order valence-electron chi connectivity index (χ1n) is 5.90. The second kappa shape index (κ2) is 6.33. The summed E-state index contributed by atoms with van der Waals surface area (Å²) < 4.78 is 32.4. The van der Waals surface area contributed by atoms with Gasteiger partial charge in [0.25, 0.3) is 0 Å². The van der Waals surface area contributed by atoms with Crippen molar-refractivity contribution in [3.05, 3.63) is 0 Å². The Morgan fingerprint density at radius 1 is 1.37 bits per heavy atom. The van der Waals surface area contributed by atoms with Crippen LogP contribution in [0.15, 0.2) is 0 Å². The van der Waals surface area contributed by atoms with E-state index in [4.69, 9.17) is 4.74 Å². The second-order valence-electron chi connectivity index (χ2n) is 4.49. The van der Waals surface area contributed by atoms with Gasteiger partial charge in [0.2, 0.25) is 5.91 Å². The molecule has 0 aromatic heterocycles. The van der Waals surface area contributed by atoms with Crippen LogP contribution in [-0.4, -0.2) is 69.6 Å². The lowest BCUT2D eigenvalue weighted by Crippen LogP contribution is -2.51. The van der Waals surface area contributed by atoms with Crippen molar-refractivity contribution in [1.29, 1.82) is 0 Å². The number of carbonyl (C=O) groups is 2. The summed E-state index contributed by atoms with van der Waals surface area (Å²) in [6.07, 6.45) is 0.332. The van der Waals surface area contributed by atoms with Gasteiger partial charge in [0.05, 0.1) is 18.6 Å². The molecule has 0 aromatic carbocycles. The highest BCUT2D eigenvalue weighted by Crippen LogP contribution is 2.20. The fourth-order valence-corrected chi connectivity index (χ4v) is 3.92. The zero-order valence-corrected chi connectivity index (χ0v) is 12.1. The first-order valence-corrected chi connectivity index (χ1v) is 7.73. The van der Waals surface area contributed by atoms with Crippen LogP contribution in [0.1, 0.15) is 13.3 Å². The van der Waals surface area contributed by atoms with Crippen LogP contribution >= 0.6 is 0 Å². The average molecular weight is 293 g/mol. The van der Waals surface area contributed by atoms with Crippen molar-refractivity contribution in [2.45, 2.75) is 25.4 Å². The van der Waals surface area contributed by atoms with E-state index in [0.717, 1.165) is 0 Å². The van der Waals surface area contributed by atoms with E-state index < -0.39 is 33.8 Å². The highest BCUT2D eigenvalue weighted by molar-refractivity contribution is 7.91. The number of hydrogen-bond acceptors (Lipinski definition) is 6. The number of methoxy groups -OCH3 is 2. The van der Waals surface area contributed by atoms with Gasteiger partial charge in [0.15, 0.2) is 9.84 Å². The quantitative estimate of drug-likeness (QED) is 0.617. The second-order valence-corrected chi connectivity index (χ2v) is 6.72. The number of sulfone groups is 1. The predicted octanol–water partition coefficient (Wildman–Crippen LogP) is -0.790. The van der Waals surface area contributed by atoms with Gasteiger partial charge in [-0.15, -0.1) is 0 Å². The molecule has 0 unspecified atom stereocenters. The largest absolute Gasteiger partial charge is 0.467 e. The first kappa shape index (κ1) is 15.9. The Morgan fingerprint density at radius 3 is 2.42 bits per heavy atom. The molecule has 1 fully saturated rings. The molecule has 1 rings (SSSR count). The highest BCUT2D eigenvalue weighted by atomic mass is 32.2. The van der Waals surface area contributed by atoms with E-state index >= 15 is 0 Å². The van der Waals surface area contributed by atoms with E-state index in [2.05, 4.69) is 4.74 Å².